The Labute approximate surface area is 106 Å². The zero-order valence-corrected chi connectivity index (χ0v) is 12.0. The van der Waals surface area contributed by atoms with Gasteiger partial charge in [0, 0.05) is 12.6 Å². The molecule has 100 valence electrons. The lowest BCUT2D eigenvalue weighted by Crippen LogP contribution is -2.37. The Morgan fingerprint density at radius 2 is 2.06 bits per heavy atom. The summed E-state index contributed by atoms with van der Waals surface area (Å²) in [5, 5.41) is 0. The molecule has 2 aliphatic rings. The smallest absolute Gasteiger partial charge is 0.0636 e. The van der Waals surface area contributed by atoms with Gasteiger partial charge in [-0.25, -0.2) is 0 Å². The van der Waals surface area contributed by atoms with Gasteiger partial charge in [-0.2, -0.15) is 0 Å². The van der Waals surface area contributed by atoms with Crippen molar-refractivity contribution >= 4 is 0 Å². The van der Waals surface area contributed by atoms with Crippen molar-refractivity contribution in [1.82, 2.24) is 0 Å². The lowest BCUT2D eigenvalue weighted by atomic mass is 9.70. The zero-order chi connectivity index (χ0) is 12.7. The molecule has 2 nitrogen and oxygen atoms in total. The Hall–Kier alpha value is -0.0800. The second-order valence-electron chi connectivity index (χ2n) is 7.09. The van der Waals surface area contributed by atoms with Crippen LogP contribution < -0.4 is 5.73 Å². The molecule has 0 heterocycles. The highest BCUT2D eigenvalue weighted by molar-refractivity contribution is 5.11. The summed E-state index contributed by atoms with van der Waals surface area (Å²) in [7, 11) is 0. The predicted molar refractivity (Wildman–Crippen MR) is 71.9 cm³/mol. The Morgan fingerprint density at radius 1 is 1.35 bits per heavy atom. The maximum absolute atomic E-state index is 6.17. The van der Waals surface area contributed by atoms with Crippen LogP contribution in [0.3, 0.4) is 0 Å². The van der Waals surface area contributed by atoms with Crippen molar-refractivity contribution in [1.29, 1.82) is 0 Å². The third kappa shape index (κ3) is 2.15. The minimum atomic E-state index is 0.311. The lowest BCUT2D eigenvalue weighted by Gasteiger charge is -2.39. The molecule has 0 aromatic rings. The van der Waals surface area contributed by atoms with E-state index < -0.39 is 0 Å². The van der Waals surface area contributed by atoms with Crippen LogP contribution in [0.2, 0.25) is 0 Å². The van der Waals surface area contributed by atoms with E-state index in [4.69, 9.17) is 10.5 Å². The van der Waals surface area contributed by atoms with E-state index in [2.05, 4.69) is 27.7 Å². The number of ether oxygens (including phenoxy) is 1. The molecule has 0 aromatic heterocycles. The third-order valence-electron chi connectivity index (χ3n) is 5.84. The maximum atomic E-state index is 6.17. The minimum Gasteiger partial charge on any atom is -0.378 e. The van der Waals surface area contributed by atoms with Crippen molar-refractivity contribution in [3.63, 3.8) is 0 Å². The van der Waals surface area contributed by atoms with Crippen molar-refractivity contribution in [3.8, 4) is 0 Å². The van der Waals surface area contributed by atoms with E-state index >= 15 is 0 Å². The second-order valence-corrected chi connectivity index (χ2v) is 7.09. The molecule has 2 aliphatic carbocycles. The first-order valence-electron chi connectivity index (χ1n) is 7.25. The summed E-state index contributed by atoms with van der Waals surface area (Å²) < 4.78 is 6.17. The second kappa shape index (κ2) is 4.55. The van der Waals surface area contributed by atoms with Crippen molar-refractivity contribution in [2.75, 3.05) is 6.61 Å². The number of fused-ring (bicyclic) bond motifs is 2. The van der Waals surface area contributed by atoms with E-state index in [9.17, 15) is 0 Å². The van der Waals surface area contributed by atoms with Gasteiger partial charge in [-0.3, -0.25) is 0 Å². The molecule has 17 heavy (non-hydrogen) atoms. The highest BCUT2D eigenvalue weighted by Gasteiger charge is 2.61. The van der Waals surface area contributed by atoms with E-state index in [1.54, 1.807) is 0 Å². The molecule has 2 N–H and O–H groups in total. The number of hydrogen-bond acceptors (Lipinski definition) is 2. The van der Waals surface area contributed by atoms with Crippen LogP contribution in [0.4, 0.5) is 0 Å². The summed E-state index contributed by atoms with van der Waals surface area (Å²) in [4.78, 5) is 0. The van der Waals surface area contributed by atoms with Crippen LogP contribution in [-0.2, 0) is 4.74 Å². The molecule has 0 aromatic carbocycles. The molecule has 4 atom stereocenters. The van der Waals surface area contributed by atoms with E-state index in [-0.39, 0.29) is 0 Å². The van der Waals surface area contributed by atoms with E-state index in [0.29, 0.717) is 23.0 Å². The van der Waals surface area contributed by atoms with E-state index in [1.807, 2.05) is 0 Å². The molecule has 0 spiro atoms. The van der Waals surface area contributed by atoms with Gasteiger partial charge in [0.15, 0.2) is 0 Å². The molecule has 0 saturated heterocycles. The van der Waals surface area contributed by atoms with Gasteiger partial charge in [-0.15, -0.1) is 0 Å². The van der Waals surface area contributed by atoms with Crippen LogP contribution in [0.15, 0.2) is 0 Å². The molecule has 2 rings (SSSR count). The van der Waals surface area contributed by atoms with Crippen LogP contribution in [-0.4, -0.2) is 18.8 Å². The zero-order valence-electron chi connectivity index (χ0n) is 12.0. The van der Waals surface area contributed by atoms with E-state index in [0.717, 1.165) is 25.4 Å². The van der Waals surface area contributed by atoms with Gasteiger partial charge in [0.1, 0.15) is 0 Å². The van der Waals surface area contributed by atoms with Gasteiger partial charge in [0.05, 0.1) is 6.10 Å². The monoisotopic (exact) mass is 239 g/mol. The van der Waals surface area contributed by atoms with Crippen LogP contribution in [0.25, 0.3) is 0 Å². The first kappa shape index (κ1) is 13.4. The first-order valence-corrected chi connectivity index (χ1v) is 7.25. The quantitative estimate of drug-likeness (QED) is 0.747. The fourth-order valence-corrected chi connectivity index (χ4v) is 4.01. The number of rotatable bonds is 5. The van der Waals surface area contributed by atoms with Gasteiger partial charge in [-0.1, -0.05) is 20.8 Å². The van der Waals surface area contributed by atoms with Gasteiger partial charge < -0.3 is 10.5 Å². The molecule has 2 bridgehead atoms. The van der Waals surface area contributed by atoms with Crippen molar-refractivity contribution in [2.24, 2.45) is 22.5 Å². The predicted octanol–water partition coefficient (Wildman–Crippen LogP) is 3.35. The highest BCUT2D eigenvalue weighted by atomic mass is 16.5. The summed E-state index contributed by atoms with van der Waals surface area (Å²) in [6.45, 7) is 10.3. The lowest BCUT2D eigenvalue weighted by molar-refractivity contribution is -0.0476. The summed E-state index contributed by atoms with van der Waals surface area (Å²) in [6.07, 6.45) is 6.71. The highest BCUT2D eigenvalue weighted by Crippen LogP contribution is 2.66. The molecule has 2 fully saturated rings. The van der Waals surface area contributed by atoms with Crippen LogP contribution in [0, 0.1) is 16.7 Å². The van der Waals surface area contributed by atoms with Crippen LogP contribution >= 0.6 is 0 Å². The molecule has 0 radical (unpaired) electrons. The van der Waals surface area contributed by atoms with Crippen molar-refractivity contribution < 1.29 is 4.74 Å². The van der Waals surface area contributed by atoms with Gasteiger partial charge in [-0.05, 0) is 55.8 Å². The normalized spacial score (nSPS) is 40.8. The minimum absolute atomic E-state index is 0.311. The first-order chi connectivity index (χ1) is 7.88. The molecule has 0 aliphatic heterocycles. The van der Waals surface area contributed by atoms with Gasteiger partial charge in [0.25, 0.3) is 0 Å². The molecular formula is C15H29NO. The maximum Gasteiger partial charge on any atom is 0.0636 e. The standard InChI is InChI=1S/C15H29NO/c1-11(16)6-5-9-17-13-10-12-7-8-15(13,4)14(12,2)3/h11-13H,5-10,16H2,1-4H3. The average molecular weight is 239 g/mol. The van der Waals surface area contributed by atoms with Crippen molar-refractivity contribution in [3.05, 3.63) is 0 Å². The third-order valence-corrected chi connectivity index (χ3v) is 5.84. The molecular weight excluding hydrogens is 210 g/mol. The Balaban J connectivity index is 1.84. The van der Waals surface area contributed by atoms with E-state index in [1.165, 1.54) is 19.3 Å². The summed E-state index contributed by atoms with van der Waals surface area (Å²) in [5.74, 6) is 0.880. The fraction of sp³-hybridized carbons (Fsp3) is 1.00. The largest absolute Gasteiger partial charge is 0.378 e. The number of hydrogen-bond donors (Lipinski definition) is 1. The Bertz CT molecular complexity index is 274. The van der Waals surface area contributed by atoms with Crippen LogP contribution in [0.1, 0.15) is 59.8 Å². The SMILES string of the molecule is CC(N)CCCOC1CC2CCC1(C)C2(C)C. The summed E-state index contributed by atoms with van der Waals surface area (Å²) in [5.41, 5.74) is 6.64. The van der Waals surface area contributed by atoms with Gasteiger partial charge >= 0.3 is 0 Å². The Morgan fingerprint density at radius 3 is 2.53 bits per heavy atom. The molecule has 2 heteroatoms. The summed E-state index contributed by atoms with van der Waals surface area (Å²) >= 11 is 0. The van der Waals surface area contributed by atoms with Gasteiger partial charge in [0.2, 0.25) is 0 Å². The van der Waals surface area contributed by atoms with Crippen LogP contribution in [0.5, 0.6) is 0 Å². The average Bonchev–Trinajstić information content (AvgIpc) is 2.56. The number of nitrogens with two attached hydrogens (primary N) is 1. The topological polar surface area (TPSA) is 35.2 Å². The summed E-state index contributed by atoms with van der Waals surface area (Å²) in [6, 6.07) is 0.311. The van der Waals surface area contributed by atoms with Crippen molar-refractivity contribution in [2.45, 2.75) is 71.9 Å². The fourth-order valence-electron chi connectivity index (χ4n) is 4.01. The molecule has 4 unspecified atom stereocenters. The molecule has 2 saturated carbocycles. The molecule has 0 amide bonds. The Kier molecular flexibility index (Phi) is 3.57.